The Morgan fingerprint density at radius 3 is 2.44 bits per heavy atom. The molecule has 0 fully saturated rings. The summed E-state index contributed by atoms with van der Waals surface area (Å²) in [6.07, 6.45) is 0.611. The number of ether oxygens (including phenoxy) is 1. The molecule has 0 aliphatic carbocycles. The molecule has 0 aromatic heterocycles. The van der Waals surface area contributed by atoms with E-state index >= 15 is 0 Å². The van der Waals surface area contributed by atoms with Crippen LogP contribution < -0.4 is 0 Å². The molecule has 0 atom stereocenters. The predicted octanol–water partition coefficient (Wildman–Crippen LogP) is 1.04. The Labute approximate surface area is 57.8 Å². The van der Waals surface area contributed by atoms with E-state index in [0.29, 0.717) is 6.42 Å². The van der Waals surface area contributed by atoms with Gasteiger partial charge in [-0.1, -0.05) is 13.1 Å². The van der Waals surface area contributed by atoms with Crippen LogP contribution in [0.15, 0.2) is 0 Å². The molecule has 0 aromatic carbocycles. The maximum Gasteiger partial charge on any atom is 0.305 e. The molecule has 0 radical (unpaired) electrons. The zero-order valence-corrected chi connectivity index (χ0v) is 7.46. The summed E-state index contributed by atoms with van der Waals surface area (Å²) in [5.74, 6) is -0.0730. The molecule has 0 N–H and O–H groups in total. The maximum absolute atomic E-state index is 10.5. The Hall–Kier alpha value is -0.313. The van der Waals surface area contributed by atoms with E-state index in [1.54, 1.807) is 0 Å². The molecule has 0 aliphatic heterocycles. The van der Waals surface area contributed by atoms with Gasteiger partial charge >= 0.3 is 5.97 Å². The quantitative estimate of drug-likeness (QED) is 0.439. The van der Waals surface area contributed by atoms with Crippen LogP contribution in [0.4, 0.5) is 0 Å². The van der Waals surface area contributed by atoms with Crippen LogP contribution in [0.3, 0.4) is 0 Å². The number of rotatable bonds is 3. The van der Waals surface area contributed by atoms with Crippen LogP contribution in [-0.2, 0) is 9.53 Å². The van der Waals surface area contributed by atoms with Gasteiger partial charge in [-0.3, -0.25) is 4.79 Å². The summed E-state index contributed by atoms with van der Waals surface area (Å²) < 4.78 is 4.48. The number of methoxy groups -OCH3 is 1. The third-order valence-electron chi connectivity index (χ3n) is 1.15. The van der Waals surface area contributed by atoms with Crippen molar-refractivity contribution >= 4 is 14.8 Å². The standard InChI is InChI=1S/C6H14O2Si/c1-8-6(7)4-5-9(2)3/h9H,4-5H2,1-3H3. The zero-order chi connectivity index (χ0) is 7.28. The van der Waals surface area contributed by atoms with E-state index in [-0.39, 0.29) is 5.97 Å². The number of carbonyl (C=O) groups excluding carboxylic acids is 1. The van der Waals surface area contributed by atoms with Gasteiger partial charge in [0.2, 0.25) is 0 Å². The smallest absolute Gasteiger partial charge is 0.305 e. The highest BCUT2D eigenvalue weighted by atomic mass is 28.3. The summed E-state index contributed by atoms with van der Waals surface area (Å²) in [6.45, 7) is 4.45. The molecule has 2 nitrogen and oxygen atoms in total. The number of esters is 1. The minimum atomic E-state index is -0.541. The molecule has 0 bridgehead atoms. The number of hydrogen-bond donors (Lipinski definition) is 0. The highest BCUT2D eigenvalue weighted by Gasteiger charge is 2.01. The lowest BCUT2D eigenvalue weighted by Crippen LogP contribution is -2.06. The molecule has 0 amide bonds. The minimum Gasteiger partial charge on any atom is -0.469 e. The lowest BCUT2D eigenvalue weighted by Gasteiger charge is -1.99. The summed E-state index contributed by atoms with van der Waals surface area (Å²) in [6, 6.07) is 1.06. The normalized spacial score (nSPS) is 9.78. The van der Waals surface area contributed by atoms with Crippen molar-refractivity contribution in [2.75, 3.05) is 7.11 Å². The van der Waals surface area contributed by atoms with Crippen LogP contribution in [0.2, 0.25) is 19.1 Å². The average Bonchev–Trinajstić information content (AvgIpc) is 1.83. The maximum atomic E-state index is 10.5. The van der Waals surface area contributed by atoms with Crippen molar-refractivity contribution in [2.45, 2.75) is 25.6 Å². The summed E-state index contributed by atoms with van der Waals surface area (Å²) in [5.41, 5.74) is 0. The van der Waals surface area contributed by atoms with Crippen molar-refractivity contribution in [1.29, 1.82) is 0 Å². The fourth-order valence-corrected chi connectivity index (χ4v) is 1.32. The van der Waals surface area contributed by atoms with E-state index < -0.39 is 8.80 Å². The van der Waals surface area contributed by atoms with E-state index in [1.165, 1.54) is 7.11 Å². The van der Waals surface area contributed by atoms with Gasteiger partial charge in [0.25, 0.3) is 0 Å². The van der Waals surface area contributed by atoms with Gasteiger partial charge in [-0.15, -0.1) is 0 Å². The molecule has 3 heteroatoms. The Morgan fingerprint density at radius 1 is 1.56 bits per heavy atom. The molecule has 0 rings (SSSR count). The molecule has 0 saturated carbocycles. The molecule has 0 aromatic rings. The zero-order valence-electron chi connectivity index (χ0n) is 6.31. The SMILES string of the molecule is COC(=O)CC[SiH](C)C. The number of carbonyl (C=O) groups is 1. The second-order valence-electron chi connectivity index (χ2n) is 2.51. The fraction of sp³-hybridized carbons (Fsp3) is 0.833. The van der Waals surface area contributed by atoms with Gasteiger partial charge < -0.3 is 4.74 Å². The predicted molar refractivity (Wildman–Crippen MR) is 40.3 cm³/mol. The van der Waals surface area contributed by atoms with Gasteiger partial charge in [-0.25, -0.2) is 0 Å². The highest BCUT2D eigenvalue weighted by Crippen LogP contribution is 1.97. The van der Waals surface area contributed by atoms with Crippen LogP contribution in [0, 0.1) is 0 Å². The Bertz CT molecular complexity index is 91.1. The molecule has 9 heavy (non-hydrogen) atoms. The summed E-state index contributed by atoms with van der Waals surface area (Å²) in [7, 11) is 0.893. The highest BCUT2D eigenvalue weighted by molar-refractivity contribution is 6.55. The van der Waals surface area contributed by atoms with Crippen molar-refractivity contribution in [1.82, 2.24) is 0 Å². The first-order valence-electron chi connectivity index (χ1n) is 3.23. The van der Waals surface area contributed by atoms with Crippen molar-refractivity contribution < 1.29 is 9.53 Å². The molecule has 0 heterocycles. The second kappa shape index (κ2) is 4.55. The first-order valence-corrected chi connectivity index (χ1v) is 6.36. The van der Waals surface area contributed by atoms with E-state index in [9.17, 15) is 4.79 Å². The van der Waals surface area contributed by atoms with Crippen LogP contribution in [0.5, 0.6) is 0 Å². The minimum absolute atomic E-state index is 0.0730. The van der Waals surface area contributed by atoms with E-state index in [4.69, 9.17) is 0 Å². The third-order valence-corrected chi connectivity index (χ3v) is 2.60. The molecule has 54 valence electrons. The average molecular weight is 146 g/mol. The Balaban J connectivity index is 3.17. The summed E-state index contributed by atoms with van der Waals surface area (Å²) >= 11 is 0. The van der Waals surface area contributed by atoms with Crippen molar-refractivity contribution in [3.05, 3.63) is 0 Å². The first-order chi connectivity index (χ1) is 4.16. The van der Waals surface area contributed by atoms with Crippen LogP contribution in [0.1, 0.15) is 6.42 Å². The topological polar surface area (TPSA) is 26.3 Å². The Morgan fingerprint density at radius 2 is 2.11 bits per heavy atom. The van der Waals surface area contributed by atoms with Gasteiger partial charge in [-0.05, 0) is 6.04 Å². The van der Waals surface area contributed by atoms with Gasteiger partial charge in [-0.2, -0.15) is 0 Å². The lowest BCUT2D eigenvalue weighted by molar-refractivity contribution is -0.140. The molecule has 0 unspecified atom stereocenters. The monoisotopic (exact) mass is 146 g/mol. The Kier molecular flexibility index (Phi) is 4.40. The molecular weight excluding hydrogens is 132 g/mol. The van der Waals surface area contributed by atoms with Crippen LogP contribution >= 0.6 is 0 Å². The van der Waals surface area contributed by atoms with Crippen molar-refractivity contribution in [2.24, 2.45) is 0 Å². The lowest BCUT2D eigenvalue weighted by atomic mass is 10.5. The molecular formula is C6H14O2Si. The van der Waals surface area contributed by atoms with E-state index in [1.807, 2.05) is 0 Å². The van der Waals surface area contributed by atoms with Crippen LogP contribution in [-0.4, -0.2) is 21.9 Å². The first kappa shape index (κ1) is 8.69. The van der Waals surface area contributed by atoms with Gasteiger partial charge in [0.1, 0.15) is 0 Å². The van der Waals surface area contributed by atoms with Crippen molar-refractivity contribution in [3.8, 4) is 0 Å². The fourth-order valence-electron chi connectivity index (χ4n) is 0.509. The van der Waals surface area contributed by atoms with Crippen molar-refractivity contribution in [3.63, 3.8) is 0 Å². The van der Waals surface area contributed by atoms with Gasteiger partial charge in [0.05, 0.1) is 7.11 Å². The van der Waals surface area contributed by atoms with E-state index in [0.717, 1.165) is 6.04 Å². The summed E-state index contributed by atoms with van der Waals surface area (Å²) in [5, 5.41) is 0. The molecule has 0 spiro atoms. The van der Waals surface area contributed by atoms with E-state index in [2.05, 4.69) is 17.8 Å². The van der Waals surface area contributed by atoms with Crippen LogP contribution in [0.25, 0.3) is 0 Å². The van der Waals surface area contributed by atoms with Gasteiger partial charge in [0.15, 0.2) is 0 Å². The molecule has 0 aliphatic rings. The van der Waals surface area contributed by atoms with Gasteiger partial charge in [0, 0.05) is 15.2 Å². The summed E-state index contributed by atoms with van der Waals surface area (Å²) in [4.78, 5) is 10.5. The largest absolute Gasteiger partial charge is 0.469 e. The molecule has 0 saturated heterocycles. The second-order valence-corrected chi connectivity index (χ2v) is 5.87. The number of hydrogen-bond acceptors (Lipinski definition) is 2. The third kappa shape index (κ3) is 5.56.